The average Bonchev–Trinajstić information content (AvgIpc) is 3.59. The Hall–Kier alpha value is -1.80. The molecule has 1 N–H and O–H groups in total. The molecule has 5 heteroatoms. The Morgan fingerprint density at radius 2 is 1.26 bits per heavy atom. The zero-order chi connectivity index (χ0) is 24.4. The first-order valence-corrected chi connectivity index (χ1v) is 14.5. The van der Waals surface area contributed by atoms with E-state index in [4.69, 9.17) is 0 Å². The quantitative estimate of drug-likeness (QED) is 0.154. The predicted octanol–water partition coefficient (Wildman–Crippen LogP) is 6.47. The van der Waals surface area contributed by atoms with Gasteiger partial charge in [0.15, 0.2) is 0 Å². The van der Waals surface area contributed by atoms with Crippen LogP contribution in [0, 0.1) is 0 Å². The molecule has 0 aliphatic heterocycles. The van der Waals surface area contributed by atoms with Gasteiger partial charge in [-0.05, 0) is 51.4 Å². The molecule has 3 atom stereocenters. The van der Waals surface area contributed by atoms with Crippen LogP contribution in [0.1, 0.15) is 39.2 Å². The standard InChI is InChI=1S/C25H31NOPS.C5H5.Fe/c1-20(21-13-11-12-14-21)24(26-29(27)25(2,3)4)19-28(22-15-7-5-8-16-22)23-17-9-6-10-18-23;1-2-4-5-3-1;/h5-18,20,24,26H,19H2,1-4H3;1-5H;/q-1;-5;. The summed E-state index contributed by atoms with van der Waals surface area (Å²) in [7, 11) is -1.68. The maximum atomic E-state index is 13.0. The van der Waals surface area contributed by atoms with Gasteiger partial charge in [-0.15, -0.1) is 0 Å². The molecule has 4 aromatic rings. The predicted molar refractivity (Wildman–Crippen MR) is 151 cm³/mol. The number of hydrogen-bond acceptors (Lipinski definition) is 1. The first kappa shape index (κ1) is 29.4. The topological polar surface area (TPSA) is 29.1 Å². The van der Waals surface area contributed by atoms with Crippen LogP contribution in [0.2, 0.25) is 0 Å². The molecule has 4 aromatic carbocycles. The molecule has 0 fully saturated rings. The molecule has 0 spiro atoms. The minimum absolute atomic E-state index is 0. The Labute approximate surface area is 226 Å². The van der Waals surface area contributed by atoms with Gasteiger partial charge in [0, 0.05) is 23.1 Å². The minimum Gasteiger partial charge on any atom is -0.748 e. The first-order chi connectivity index (χ1) is 16.4. The van der Waals surface area contributed by atoms with Gasteiger partial charge >= 0.3 is 0 Å². The summed E-state index contributed by atoms with van der Waals surface area (Å²) in [5.74, 6) is 0.272. The summed E-state index contributed by atoms with van der Waals surface area (Å²) in [6.07, 6.45) is 0.942. The molecule has 0 heterocycles. The van der Waals surface area contributed by atoms with Gasteiger partial charge in [-0.25, -0.2) is 21.1 Å². The molecule has 0 saturated heterocycles. The molecule has 0 aliphatic carbocycles. The third-order valence-corrected chi connectivity index (χ3v) is 9.93. The third kappa shape index (κ3) is 9.30. The molecule has 0 saturated carbocycles. The van der Waals surface area contributed by atoms with E-state index in [2.05, 4.69) is 96.6 Å². The van der Waals surface area contributed by atoms with Crippen LogP contribution in [0.15, 0.2) is 115 Å². The van der Waals surface area contributed by atoms with E-state index in [9.17, 15) is 4.21 Å². The summed E-state index contributed by atoms with van der Waals surface area (Å²) < 4.78 is 16.2. The second-order valence-corrected chi connectivity index (χ2v) is 13.6. The molecular weight excluding hydrogens is 509 g/mol. The van der Waals surface area contributed by atoms with Crippen molar-refractivity contribution >= 4 is 29.5 Å². The Balaban J connectivity index is 0.000000640. The van der Waals surface area contributed by atoms with Gasteiger partial charge in [-0.3, -0.25) is 0 Å². The molecule has 0 bridgehead atoms. The summed E-state index contributed by atoms with van der Waals surface area (Å²) in [5.41, 5.74) is 1.30. The van der Waals surface area contributed by atoms with Gasteiger partial charge < -0.3 is 30.3 Å². The largest absolute Gasteiger partial charge is 0.748 e. The Kier molecular flexibility index (Phi) is 12.3. The first-order valence-electron chi connectivity index (χ1n) is 11.8. The number of hydrogen-bond donors (Lipinski definition) is 1. The molecule has 0 aromatic heterocycles. The van der Waals surface area contributed by atoms with E-state index < -0.39 is 18.9 Å². The van der Waals surface area contributed by atoms with Crippen molar-refractivity contribution in [2.45, 2.75) is 44.4 Å². The van der Waals surface area contributed by atoms with Crippen LogP contribution in [0.4, 0.5) is 0 Å². The van der Waals surface area contributed by atoms with Crippen molar-refractivity contribution in [3.8, 4) is 0 Å². The van der Waals surface area contributed by atoms with Crippen LogP contribution < -0.4 is 15.3 Å². The summed E-state index contributed by atoms with van der Waals surface area (Å²) in [6, 6.07) is 40.1. The second kappa shape index (κ2) is 14.7. The van der Waals surface area contributed by atoms with E-state index in [0.717, 1.165) is 6.16 Å². The van der Waals surface area contributed by atoms with E-state index in [-0.39, 0.29) is 33.8 Å². The zero-order valence-electron chi connectivity index (χ0n) is 20.9. The summed E-state index contributed by atoms with van der Waals surface area (Å²) in [6.45, 7) is 8.32. The number of benzene rings is 2. The van der Waals surface area contributed by atoms with Crippen molar-refractivity contribution in [2.75, 3.05) is 6.16 Å². The van der Waals surface area contributed by atoms with Gasteiger partial charge in [0.25, 0.3) is 0 Å². The SMILES string of the molecule is CC([c-]1cccc1)C(CP(c1ccccc1)c1ccccc1)NS(=O)C(C)(C)C.[Fe].[cH-]1[cH-][cH-][cH-][cH-]1. The van der Waals surface area contributed by atoms with Gasteiger partial charge in [-0.2, -0.15) is 17.7 Å². The Morgan fingerprint density at radius 3 is 1.66 bits per heavy atom. The van der Waals surface area contributed by atoms with Crippen molar-refractivity contribution in [2.24, 2.45) is 0 Å². The molecule has 0 aliphatic rings. The van der Waals surface area contributed by atoms with Crippen molar-refractivity contribution in [1.29, 1.82) is 0 Å². The molecule has 2 nitrogen and oxygen atoms in total. The average molecular weight is 546 g/mol. The monoisotopic (exact) mass is 545 g/mol. The van der Waals surface area contributed by atoms with E-state index in [0.29, 0.717) is 0 Å². The van der Waals surface area contributed by atoms with Crippen molar-refractivity contribution in [3.63, 3.8) is 0 Å². The summed E-state index contributed by atoms with van der Waals surface area (Å²) >= 11 is 0. The second-order valence-electron chi connectivity index (χ2n) is 9.36. The van der Waals surface area contributed by atoms with Gasteiger partial charge in [0.05, 0.1) is 15.7 Å². The number of rotatable bonds is 8. The van der Waals surface area contributed by atoms with Gasteiger partial charge in [0.1, 0.15) is 0 Å². The van der Waals surface area contributed by atoms with Crippen LogP contribution in [-0.2, 0) is 28.1 Å². The molecule has 4 rings (SSSR count). The Morgan fingerprint density at radius 1 is 0.829 bits per heavy atom. The van der Waals surface area contributed by atoms with Crippen molar-refractivity contribution in [1.82, 2.24) is 4.72 Å². The minimum atomic E-state index is -1.12. The maximum absolute atomic E-state index is 13.0. The maximum Gasteiger partial charge on any atom is 0.0972 e. The molecule has 0 amide bonds. The molecule has 0 radical (unpaired) electrons. The van der Waals surface area contributed by atoms with Crippen molar-refractivity contribution in [3.05, 3.63) is 121 Å². The van der Waals surface area contributed by atoms with Crippen LogP contribution in [-0.4, -0.2) is 21.2 Å². The zero-order valence-corrected chi connectivity index (χ0v) is 23.8. The summed E-state index contributed by atoms with van der Waals surface area (Å²) in [5, 5.41) is 2.72. The van der Waals surface area contributed by atoms with Gasteiger partial charge in [-0.1, -0.05) is 67.6 Å². The molecule has 3 unspecified atom stereocenters. The van der Waals surface area contributed by atoms with Crippen LogP contribution >= 0.6 is 7.92 Å². The summed E-state index contributed by atoms with van der Waals surface area (Å²) in [4.78, 5) is 0. The molecular formula is C30H36FeNOPS-6. The fraction of sp³-hybridized carbons (Fsp3) is 0.267. The van der Waals surface area contributed by atoms with E-state index in [1.807, 2.05) is 51.1 Å². The van der Waals surface area contributed by atoms with Crippen LogP contribution in [0.25, 0.3) is 0 Å². The fourth-order valence-corrected chi connectivity index (χ4v) is 7.25. The normalized spacial score (nSPS) is 13.7. The van der Waals surface area contributed by atoms with Crippen LogP contribution in [0.5, 0.6) is 0 Å². The third-order valence-electron chi connectivity index (χ3n) is 5.70. The smallest absolute Gasteiger partial charge is 0.0972 e. The van der Waals surface area contributed by atoms with Crippen LogP contribution in [0.3, 0.4) is 0 Å². The fourth-order valence-electron chi connectivity index (χ4n) is 3.63. The van der Waals surface area contributed by atoms with E-state index in [1.165, 1.54) is 16.2 Å². The molecule has 35 heavy (non-hydrogen) atoms. The Bertz CT molecular complexity index is 1020. The number of nitrogens with one attached hydrogen (secondary N) is 1. The van der Waals surface area contributed by atoms with Crippen molar-refractivity contribution < 1.29 is 21.3 Å². The molecule has 192 valence electrons. The van der Waals surface area contributed by atoms with Gasteiger partial charge in [0.2, 0.25) is 0 Å². The van der Waals surface area contributed by atoms with E-state index in [1.54, 1.807) is 0 Å². The van der Waals surface area contributed by atoms with E-state index >= 15 is 0 Å².